The van der Waals surface area contributed by atoms with Crippen molar-refractivity contribution in [3.8, 4) is 23.0 Å². The second-order valence-electron chi connectivity index (χ2n) is 11.9. The molecule has 2 aliphatic carbocycles. The minimum absolute atomic E-state index is 0.0711. The van der Waals surface area contributed by atoms with Gasteiger partial charge in [0.15, 0.2) is 46.1 Å². The molecule has 9 nitrogen and oxygen atoms in total. The zero-order valence-electron chi connectivity index (χ0n) is 25.8. The molecule has 4 N–H and O–H groups in total. The zero-order valence-corrected chi connectivity index (χ0v) is 25.8. The first-order valence-corrected chi connectivity index (χ1v) is 14.6. The van der Waals surface area contributed by atoms with Crippen LogP contribution in [-0.2, 0) is 6.54 Å². The number of phenols is 4. The quantitative estimate of drug-likeness (QED) is 0.183. The maximum absolute atomic E-state index is 14.5. The van der Waals surface area contributed by atoms with E-state index in [9.17, 15) is 39.6 Å². The molecule has 2 aliphatic rings. The smallest absolute Gasteiger partial charge is 0.195 e. The monoisotopic (exact) mass is 607 g/mol. The maximum atomic E-state index is 14.5. The number of benzene rings is 3. The van der Waals surface area contributed by atoms with E-state index >= 15 is 0 Å². The summed E-state index contributed by atoms with van der Waals surface area (Å²) >= 11 is 0. The fraction of sp³-hybridized carbons (Fsp3) is 0.250. The third kappa shape index (κ3) is 4.75. The number of allylic oxidation sites excluding steroid dienone is 4. The van der Waals surface area contributed by atoms with Crippen LogP contribution < -0.4 is 0 Å². The molecule has 0 amide bonds. The first kappa shape index (κ1) is 31.1. The van der Waals surface area contributed by atoms with Crippen molar-refractivity contribution in [2.45, 2.75) is 59.9 Å². The summed E-state index contributed by atoms with van der Waals surface area (Å²) in [5.74, 6) is -6.08. The molecule has 0 spiro atoms. The lowest BCUT2D eigenvalue weighted by Gasteiger charge is -2.29. The molecule has 0 aromatic heterocycles. The third-order valence-corrected chi connectivity index (χ3v) is 8.39. The lowest BCUT2D eigenvalue weighted by molar-refractivity contribution is 0.0951. The van der Waals surface area contributed by atoms with Crippen LogP contribution in [0.15, 0.2) is 63.7 Å². The maximum Gasteiger partial charge on any atom is 0.195 e. The SMILES string of the molecule is CC1=C(C2=C(C)C(=O)c3c(c(/C=N/Cc4ccccc4)c(O)c(O)c3C(C)C)C2=O)C(=O)c2cc(O)c(O)c(C(C)C)c2C1=O. The number of ketones is 4. The van der Waals surface area contributed by atoms with Gasteiger partial charge in [0.2, 0.25) is 0 Å². The molecule has 0 bridgehead atoms. The highest BCUT2D eigenvalue weighted by Gasteiger charge is 2.44. The zero-order chi connectivity index (χ0) is 33.1. The normalized spacial score (nSPS) is 15.2. The van der Waals surface area contributed by atoms with Crippen molar-refractivity contribution < 1.29 is 39.6 Å². The second-order valence-corrected chi connectivity index (χ2v) is 11.9. The van der Waals surface area contributed by atoms with E-state index in [0.717, 1.165) is 11.6 Å². The van der Waals surface area contributed by atoms with Gasteiger partial charge in [0.05, 0.1) is 6.54 Å². The Kier molecular flexibility index (Phi) is 7.83. The van der Waals surface area contributed by atoms with Crippen LogP contribution in [0.1, 0.15) is 117 Å². The summed E-state index contributed by atoms with van der Waals surface area (Å²) in [6, 6.07) is 10.2. The Bertz CT molecular complexity index is 1940. The molecule has 9 heteroatoms. The third-order valence-electron chi connectivity index (χ3n) is 8.39. The summed E-state index contributed by atoms with van der Waals surface area (Å²) in [5, 5.41) is 43.2. The van der Waals surface area contributed by atoms with E-state index in [2.05, 4.69) is 4.99 Å². The van der Waals surface area contributed by atoms with Gasteiger partial charge in [-0.2, -0.15) is 0 Å². The highest BCUT2D eigenvalue weighted by Crippen LogP contribution is 2.48. The fourth-order valence-electron chi connectivity index (χ4n) is 6.22. The number of phenolic OH excluding ortho intramolecular Hbond substituents is 4. The number of hydrogen-bond acceptors (Lipinski definition) is 9. The molecule has 0 fully saturated rings. The van der Waals surface area contributed by atoms with Gasteiger partial charge in [-0.1, -0.05) is 58.0 Å². The number of nitrogens with zero attached hydrogens (tertiary/aromatic N) is 1. The molecule has 0 radical (unpaired) electrons. The van der Waals surface area contributed by atoms with Crippen molar-refractivity contribution in [2.75, 3.05) is 0 Å². The van der Waals surface area contributed by atoms with Crippen LogP contribution in [0.3, 0.4) is 0 Å². The van der Waals surface area contributed by atoms with E-state index in [4.69, 9.17) is 0 Å². The molecule has 0 atom stereocenters. The van der Waals surface area contributed by atoms with Crippen molar-refractivity contribution in [1.29, 1.82) is 0 Å². The van der Waals surface area contributed by atoms with Gasteiger partial charge in [-0.25, -0.2) is 0 Å². The molecular weight excluding hydrogens is 574 g/mol. The van der Waals surface area contributed by atoms with E-state index in [0.29, 0.717) is 0 Å². The number of hydrogen-bond donors (Lipinski definition) is 4. The van der Waals surface area contributed by atoms with Gasteiger partial charge in [0, 0.05) is 67.5 Å². The molecule has 5 rings (SSSR count). The van der Waals surface area contributed by atoms with Crippen molar-refractivity contribution in [3.63, 3.8) is 0 Å². The van der Waals surface area contributed by atoms with Crippen LogP contribution >= 0.6 is 0 Å². The number of rotatable bonds is 6. The summed E-state index contributed by atoms with van der Waals surface area (Å²) < 4.78 is 0. The van der Waals surface area contributed by atoms with Gasteiger partial charge in [-0.3, -0.25) is 24.2 Å². The van der Waals surface area contributed by atoms with Crippen molar-refractivity contribution in [3.05, 3.63) is 103 Å². The molecule has 0 saturated heterocycles. The first-order valence-electron chi connectivity index (χ1n) is 14.6. The van der Waals surface area contributed by atoms with E-state index < -0.39 is 58.0 Å². The number of aliphatic imine (C=N–C) groups is 1. The standard InChI is InChI=1S/C36H33NO8/c1-15(2)23-27-20(12-22(38)34(23)43)32(41)25(17(5)30(27)39)26-18(6)31(40)29-24(16(3)4)36(45)33(42)21(28(29)35(26)44)14-37-13-19-10-8-7-9-11-19/h7-12,14-16,38,42-43,45H,13H2,1-6H3/b37-14+. The molecule has 0 unspecified atom stereocenters. The van der Waals surface area contributed by atoms with E-state index in [1.54, 1.807) is 27.7 Å². The van der Waals surface area contributed by atoms with Gasteiger partial charge >= 0.3 is 0 Å². The Balaban J connectivity index is 1.76. The minimum atomic E-state index is -0.800. The lowest BCUT2D eigenvalue weighted by Crippen LogP contribution is -2.31. The highest BCUT2D eigenvalue weighted by atomic mass is 16.3. The van der Waals surface area contributed by atoms with Gasteiger partial charge in [0.25, 0.3) is 0 Å². The predicted octanol–water partition coefficient (Wildman–Crippen LogP) is 6.47. The predicted molar refractivity (Wildman–Crippen MR) is 168 cm³/mol. The Morgan fingerprint density at radius 3 is 1.78 bits per heavy atom. The average Bonchev–Trinajstić information content (AvgIpc) is 2.99. The number of Topliss-reactive ketones (excluding diaryl/α,β-unsaturated/α-hetero) is 4. The summed E-state index contributed by atoms with van der Waals surface area (Å²) in [7, 11) is 0. The molecule has 3 aromatic rings. The van der Waals surface area contributed by atoms with E-state index in [1.165, 1.54) is 20.1 Å². The Hall–Kier alpha value is -5.31. The van der Waals surface area contributed by atoms with E-state index in [-0.39, 0.29) is 67.8 Å². The second kappa shape index (κ2) is 11.3. The molecule has 230 valence electrons. The first-order chi connectivity index (χ1) is 21.2. The van der Waals surface area contributed by atoms with Gasteiger partial charge in [-0.05, 0) is 37.3 Å². The molecule has 0 aliphatic heterocycles. The summed E-state index contributed by atoms with van der Waals surface area (Å²) in [6.07, 6.45) is 1.22. The Morgan fingerprint density at radius 1 is 0.667 bits per heavy atom. The van der Waals surface area contributed by atoms with Crippen LogP contribution in [0.25, 0.3) is 0 Å². The lowest BCUT2D eigenvalue weighted by atomic mass is 9.71. The van der Waals surface area contributed by atoms with Gasteiger partial charge in [0.1, 0.15) is 0 Å². The summed E-state index contributed by atoms with van der Waals surface area (Å²) in [5.41, 5.74) is -0.637. The van der Waals surface area contributed by atoms with Crippen molar-refractivity contribution >= 4 is 29.3 Å². The summed E-state index contributed by atoms with van der Waals surface area (Å²) in [6.45, 7) is 9.71. The largest absolute Gasteiger partial charge is 0.504 e. The number of aromatic hydroxyl groups is 4. The van der Waals surface area contributed by atoms with Crippen LogP contribution in [-0.4, -0.2) is 49.8 Å². The van der Waals surface area contributed by atoms with E-state index in [1.807, 2.05) is 30.3 Å². The molecule has 0 saturated carbocycles. The van der Waals surface area contributed by atoms with Crippen LogP contribution in [0.4, 0.5) is 0 Å². The number of fused-ring (bicyclic) bond motifs is 2. The Labute approximate surface area is 259 Å². The van der Waals surface area contributed by atoms with Crippen molar-refractivity contribution in [1.82, 2.24) is 0 Å². The number of carbonyl (C=O) groups is 4. The Morgan fingerprint density at radius 2 is 1.20 bits per heavy atom. The fourth-order valence-corrected chi connectivity index (χ4v) is 6.22. The van der Waals surface area contributed by atoms with Gasteiger partial charge in [-0.15, -0.1) is 0 Å². The minimum Gasteiger partial charge on any atom is -0.504 e. The molecule has 0 heterocycles. The van der Waals surface area contributed by atoms with Crippen molar-refractivity contribution in [2.24, 2.45) is 4.99 Å². The van der Waals surface area contributed by atoms with Crippen LogP contribution in [0.2, 0.25) is 0 Å². The number of carbonyl (C=O) groups excluding carboxylic acids is 4. The topological polar surface area (TPSA) is 162 Å². The summed E-state index contributed by atoms with van der Waals surface area (Å²) in [4.78, 5) is 60.9. The average molecular weight is 608 g/mol. The van der Waals surface area contributed by atoms with Crippen LogP contribution in [0.5, 0.6) is 23.0 Å². The van der Waals surface area contributed by atoms with Crippen LogP contribution in [0, 0.1) is 0 Å². The molecular formula is C36H33NO8. The van der Waals surface area contributed by atoms with Gasteiger partial charge < -0.3 is 20.4 Å². The molecule has 3 aromatic carbocycles. The molecule has 45 heavy (non-hydrogen) atoms. The highest BCUT2D eigenvalue weighted by molar-refractivity contribution is 6.38.